The number of rotatable bonds is 4. The number of hydrogen-bond donors (Lipinski definition) is 0. The van der Waals surface area contributed by atoms with Crippen molar-refractivity contribution in [3.63, 3.8) is 0 Å². The fraction of sp³-hybridized carbons (Fsp3) is 0.625. The van der Waals surface area contributed by atoms with Gasteiger partial charge in [-0.15, -0.1) is 11.6 Å². The quantitative estimate of drug-likeness (QED) is 0.788. The molecule has 0 spiro atoms. The number of aryl methyl sites for hydroxylation is 1. The topological polar surface area (TPSA) is 37.4 Å². The van der Waals surface area contributed by atoms with Crippen molar-refractivity contribution in [3.8, 4) is 0 Å². The molecule has 0 aliphatic carbocycles. The van der Waals surface area contributed by atoms with Crippen LogP contribution in [-0.2, 0) is 22.3 Å². The molecule has 0 saturated carbocycles. The molecular weight excluding hydrogens is 306 g/mol. The number of alkyl halides is 1. The predicted molar refractivity (Wildman–Crippen MR) is 87.1 cm³/mol. The standard InChI is InChI=1S/C16H24ClNO2S/c1-4-14-7-8-16(10-15(14)11-17)21(19,20)18-9-5-6-12(2)13(18)3/h7-8,10,12-13H,4-6,9,11H2,1-3H3. The Bertz CT molecular complexity index is 600. The van der Waals surface area contributed by atoms with Gasteiger partial charge in [-0.05, 0) is 55.4 Å². The van der Waals surface area contributed by atoms with Crippen molar-refractivity contribution in [2.24, 2.45) is 5.92 Å². The van der Waals surface area contributed by atoms with Gasteiger partial charge in [0.15, 0.2) is 0 Å². The zero-order chi connectivity index (χ0) is 15.6. The first-order valence-corrected chi connectivity index (χ1v) is 9.58. The van der Waals surface area contributed by atoms with E-state index in [0.717, 1.165) is 30.4 Å². The van der Waals surface area contributed by atoms with Gasteiger partial charge in [0.2, 0.25) is 10.0 Å². The van der Waals surface area contributed by atoms with Gasteiger partial charge in [0.1, 0.15) is 0 Å². The third-order valence-electron chi connectivity index (χ3n) is 4.62. The summed E-state index contributed by atoms with van der Waals surface area (Å²) in [6.45, 7) is 6.79. The molecule has 1 aromatic carbocycles. The van der Waals surface area contributed by atoms with Crippen molar-refractivity contribution < 1.29 is 8.42 Å². The van der Waals surface area contributed by atoms with Crippen LogP contribution in [0.4, 0.5) is 0 Å². The summed E-state index contributed by atoms with van der Waals surface area (Å²) in [4.78, 5) is 0.372. The van der Waals surface area contributed by atoms with Gasteiger partial charge in [-0.1, -0.05) is 19.9 Å². The molecule has 0 amide bonds. The lowest BCUT2D eigenvalue weighted by Crippen LogP contribution is -2.45. The van der Waals surface area contributed by atoms with E-state index in [9.17, 15) is 8.42 Å². The molecule has 0 bridgehead atoms. The Labute approximate surface area is 133 Å². The molecule has 3 nitrogen and oxygen atoms in total. The summed E-state index contributed by atoms with van der Waals surface area (Å²) in [5, 5.41) is 0. The Kier molecular flexibility index (Phi) is 5.33. The Hall–Kier alpha value is -0.580. The molecular formula is C16H24ClNO2S. The van der Waals surface area contributed by atoms with Crippen molar-refractivity contribution in [2.45, 2.75) is 56.9 Å². The number of nitrogens with zero attached hydrogens (tertiary/aromatic N) is 1. The molecule has 0 N–H and O–H groups in total. The molecule has 1 aliphatic heterocycles. The summed E-state index contributed by atoms with van der Waals surface area (Å²) in [5.41, 5.74) is 2.03. The van der Waals surface area contributed by atoms with E-state index in [2.05, 4.69) is 6.92 Å². The minimum Gasteiger partial charge on any atom is -0.207 e. The molecule has 21 heavy (non-hydrogen) atoms. The Morgan fingerprint density at radius 2 is 2.00 bits per heavy atom. The highest BCUT2D eigenvalue weighted by atomic mass is 35.5. The second-order valence-electron chi connectivity index (χ2n) is 5.89. The Balaban J connectivity index is 2.39. The average molecular weight is 330 g/mol. The van der Waals surface area contributed by atoms with E-state index in [1.807, 2.05) is 19.9 Å². The van der Waals surface area contributed by atoms with E-state index >= 15 is 0 Å². The maximum atomic E-state index is 12.9. The maximum absolute atomic E-state index is 12.9. The van der Waals surface area contributed by atoms with Gasteiger partial charge in [0.05, 0.1) is 4.90 Å². The summed E-state index contributed by atoms with van der Waals surface area (Å²) in [7, 11) is -3.43. The number of hydrogen-bond acceptors (Lipinski definition) is 2. The minimum atomic E-state index is -3.43. The first kappa shape index (κ1) is 16.8. The van der Waals surface area contributed by atoms with Gasteiger partial charge in [0, 0.05) is 18.5 Å². The minimum absolute atomic E-state index is 0.0500. The number of sulfonamides is 1. The Morgan fingerprint density at radius 3 is 2.62 bits per heavy atom. The van der Waals surface area contributed by atoms with Crippen LogP contribution < -0.4 is 0 Å². The van der Waals surface area contributed by atoms with E-state index in [4.69, 9.17) is 11.6 Å². The predicted octanol–water partition coefficient (Wildman–Crippen LogP) is 3.80. The lowest BCUT2D eigenvalue weighted by atomic mass is 9.94. The van der Waals surface area contributed by atoms with E-state index in [-0.39, 0.29) is 6.04 Å². The summed E-state index contributed by atoms with van der Waals surface area (Å²) >= 11 is 5.96. The highest BCUT2D eigenvalue weighted by Gasteiger charge is 2.34. The Morgan fingerprint density at radius 1 is 1.29 bits per heavy atom. The molecule has 2 rings (SSSR count). The molecule has 2 atom stereocenters. The third-order valence-corrected chi connectivity index (χ3v) is 6.90. The molecule has 2 unspecified atom stereocenters. The molecule has 0 radical (unpaired) electrons. The zero-order valence-corrected chi connectivity index (χ0v) is 14.5. The average Bonchev–Trinajstić information content (AvgIpc) is 2.49. The summed E-state index contributed by atoms with van der Waals surface area (Å²) in [6.07, 6.45) is 2.88. The number of benzene rings is 1. The van der Waals surface area contributed by atoms with Gasteiger partial charge < -0.3 is 0 Å². The van der Waals surface area contributed by atoms with Crippen molar-refractivity contribution in [2.75, 3.05) is 6.54 Å². The normalized spacial score (nSPS) is 24.2. The van der Waals surface area contributed by atoms with Crippen LogP contribution in [0, 0.1) is 5.92 Å². The highest BCUT2D eigenvalue weighted by molar-refractivity contribution is 7.89. The van der Waals surface area contributed by atoms with Gasteiger partial charge >= 0.3 is 0 Å². The maximum Gasteiger partial charge on any atom is 0.243 e. The molecule has 0 aromatic heterocycles. The monoisotopic (exact) mass is 329 g/mol. The smallest absolute Gasteiger partial charge is 0.207 e. The van der Waals surface area contributed by atoms with Gasteiger partial charge in [0.25, 0.3) is 0 Å². The van der Waals surface area contributed by atoms with Crippen LogP contribution in [0.1, 0.15) is 44.7 Å². The van der Waals surface area contributed by atoms with Crippen LogP contribution in [0.5, 0.6) is 0 Å². The van der Waals surface area contributed by atoms with Crippen molar-refractivity contribution in [3.05, 3.63) is 29.3 Å². The third kappa shape index (κ3) is 3.27. The van der Waals surface area contributed by atoms with Crippen molar-refractivity contribution >= 4 is 21.6 Å². The number of halogens is 1. The van der Waals surface area contributed by atoms with E-state index in [0.29, 0.717) is 23.2 Å². The van der Waals surface area contributed by atoms with E-state index < -0.39 is 10.0 Å². The second-order valence-corrected chi connectivity index (χ2v) is 8.05. The second kappa shape index (κ2) is 6.67. The summed E-state index contributed by atoms with van der Waals surface area (Å²) in [6, 6.07) is 5.40. The lowest BCUT2D eigenvalue weighted by Gasteiger charge is -2.36. The molecule has 1 aliphatic rings. The van der Waals surface area contributed by atoms with Gasteiger partial charge in [-0.25, -0.2) is 8.42 Å². The molecule has 1 fully saturated rings. The van der Waals surface area contributed by atoms with Crippen LogP contribution in [0.3, 0.4) is 0 Å². The SMILES string of the molecule is CCc1ccc(S(=O)(=O)N2CCCC(C)C2C)cc1CCl. The highest BCUT2D eigenvalue weighted by Crippen LogP contribution is 2.29. The fourth-order valence-electron chi connectivity index (χ4n) is 3.00. The largest absolute Gasteiger partial charge is 0.243 e. The molecule has 1 aromatic rings. The van der Waals surface area contributed by atoms with Gasteiger partial charge in [-0.3, -0.25) is 0 Å². The van der Waals surface area contributed by atoms with Crippen molar-refractivity contribution in [1.82, 2.24) is 4.31 Å². The fourth-order valence-corrected chi connectivity index (χ4v) is 5.07. The van der Waals surface area contributed by atoms with Crippen LogP contribution in [0.15, 0.2) is 23.1 Å². The first-order valence-electron chi connectivity index (χ1n) is 7.61. The van der Waals surface area contributed by atoms with Crippen molar-refractivity contribution in [1.29, 1.82) is 0 Å². The first-order chi connectivity index (χ1) is 9.91. The zero-order valence-electron chi connectivity index (χ0n) is 13.0. The van der Waals surface area contributed by atoms with Crippen LogP contribution in [0.25, 0.3) is 0 Å². The number of piperidine rings is 1. The van der Waals surface area contributed by atoms with E-state index in [1.165, 1.54) is 0 Å². The van der Waals surface area contributed by atoms with E-state index in [1.54, 1.807) is 16.4 Å². The van der Waals surface area contributed by atoms with Gasteiger partial charge in [-0.2, -0.15) is 4.31 Å². The molecule has 1 heterocycles. The molecule has 1 saturated heterocycles. The summed E-state index contributed by atoms with van der Waals surface area (Å²) in [5.74, 6) is 0.745. The van der Waals surface area contributed by atoms with Crippen LogP contribution in [0.2, 0.25) is 0 Å². The molecule has 118 valence electrons. The summed E-state index contributed by atoms with van der Waals surface area (Å²) < 4.78 is 27.4. The lowest BCUT2D eigenvalue weighted by molar-refractivity contribution is 0.202. The van der Waals surface area contributed by atoms with Crippen LogP contribution in [-0.4, -0.2) is 25.3 Å². The van der Waals surface area contributed by atoms with Crippen LogP contribution >= 0.6 is 11.6 Å². The molecule has 5 heteroatoms.